The molecule has 2 rings (SSSR count). The van der Waals surface area contributed by atoms with E-state index in [4.69, 9.17) is 5.73 Å². The van der Waals surface area contributed by atoms with Crippen LogP contribution < -0.4 is 11.1 Å². The Morgan fingerprint density at radius 2 is 2.32 bits per heavy atom. The molecule has 100 valence electrons. The number of nitrogens with one attached hydrogen (secondary N) is 1. The van der Waals surface area contributed by atoms with Crippen molar-refractivity contribution in [3.8, 4) is 5.75 Å². The lowest BCUT2D eigenvalue weighted by molar-refractivity contribution is -0.115. The first-order valence-electron chi connectivity index (χ1n) is 5.81. The van der Waals surface area contributed by atoms with E-state index in [1.54, 1.807) is 18.2 Å². The highest BCUT2D eigenvalue weighted by Gasteiger charge is 2.10. The van der Waals surface area contributed by atoms with Crippen LogP contribution in [0.5, 0.6) is 5.75 Å². The van der Waals surface area contributed by atoms with Gasteiger partial charge in [0.05, 0.1) is 17.8 Å². The van der Waals surface area contributed by atoms with Crippen molar-refractivity contribution >= 4 is 22.9 Å². The maximum Gasteiger partial charge on any atom is 0.230 e. The van der Waals surface area contributed by atoms with Crippen LogP contribution in [0.2, 0.25) is 0 Å². The van der Waals surface area contributed by atoms with Crippen molar-refractivity contribution in [1.82, 2.24) is 4.98 Å². The molecule has 0 aliphatic rings. The minimum Gasteiger partial charge on any atom is -0.506 e. The molecule has 0 aliphatic carbocycles. The molecule has 0 spiro atoms. The highest BCUT2D eigenvalue weighted by atomic mass is 32.1. The lowest BCUT2D eigenvalue weighted by atomic mass is 10.2. The molecule has 19 heavy (non-hydrogen) atoms. The molecule has 0 fully saturated rings. The summed E-state index contributed by atoms with van der Waals surface area (Å²) in [6, 6.07) is 5.05. The Hall–Kier alpha value is -1.92. The molecule has 1 aromatic heterocycles. The van der Waals surface area contributed by atoms with Gasteiger partial charge in [-0.05, 0) is 24.6 Å². The Bertz CT molecular complexity index is 595. The predicted molar refractivity (Wildman–Crippen MR) is 75.2 cm³/mol. The van der Waals surface area contributed by atoms with Gasteiger partial charge in [-0.15, -0.1) is 11.3 Å². The minimum atomic E-state index is -0.213. The lowest BCUT2D eigenvalue weighted by Gasteiger charge is -2.07. The van der Waals surface area contributed by atoms with Gasteiger partial charge in [-0.2, -0.15) is 0 Å². The van der Waals surface area contributed by atoms with Gasteiger partial charge in [-0.1, -0.05) is 6.07 Å². The molecule has 0 radical (unpaired) electrons. The first-order valence-corrected chi connectivity index (χ1v) is 6.69. The van der Waals surface area contributed by atoms with Crippen LogP contribution in [0.1, 0.15) is 16.3 Å². The number of anilines is 1. The highest BCUT2D eigenvalue weighted by molar-refractivity contribution is 7.09. The van der Waals surface area contributed by atoms with Crippen molar-refractivity contribution in [1.29, 1.82) is 0 Å². The molecule has 6 heteroatoms. The Kier molecular flexibility index (Phi) is 4.13. The second-order valence-corrected chi connectivity index (χ2v) is 5.12. The van der Waals surface area contributed by atoms with Crippen molar-refractivity contribution in [3.05, 3.63) is 39.8 Å². The minimum absolute atomic E-state index is 0.0554. The summed E-state index contributed by atoms with van der Waals surface area (Å²) in [6.07, 6.45) is 0.171. The van der Waals surface area contributed by atoms with Gasteiger partial charge in [0.25, 0.3) is 0 Å². The van der Waals surface area contributed by atoms with Gasteiger partial charge >= 0.3 is 0 Å². The summed E-state index contributed by atoms with van der Waals surface area (Å²) in [6.45, 7) is 2.27. The van der Waals surface area contributed by atoms with Crippen molar-refractivity contribution in [3.63, 3.8) is 0 Å². The quantitative estimate of drug-likeness (QED) is 0.743. The number of phenolic OH excluding ortho intramolecular Hbond substituents is 1. The molecule has 1 aromatic carbocycles. The van der Waals surface area contributed by atoms with Crippen LogP contribution in [-0.2, 0) is 17.8 Å². The summed E-state index contributed by atoms with van der Waals surface area (Å²) < 4.78 is 0. The average molecular weight is 277 g/mol. The van der Waals surface area contributed by atoms with Crippen LogP contribution in [0.15, 0.2) is 23.6 Å². The van der Waals surface area contributed by atoms with Crippen LogP contribution in [0.4, 0.5) is 5.69 Å². The summed E-state index contributed by atoms with van der Waals surface area (Å²) in [7, 11) is 0. The fraction of sp³-hybridized carbons (Fsp3) is 0.231. The summed E-state index contributed by atoms with van der Waals surface area (Å²) in [5, 5.41) is 14.9. The Morgan fingerprint density at radius 1 is 1.53 bits per heavy atom. The number of aryl methyl sites for hydroxylation is 1. The fourth-order valence-electron chi connectivity index (χ4n) is 1.63. The first kappa shape index (κ1) is 13.5. The number of hydrogen-bond acceptors (Lipinski definition) is 5. The van der Waals surface area contributed by atoms with E-state index in [2.05, 4.69) is 10.3 Å². The van der Waals surface area contributed by atoms with Gasteiger partial charge in [0.2, 0.25) is 5.91 Å². The van der Waals surface area contributed by atoms with Gasteiger partial charge in [0.15, 0.2) is 0 Å². The third-order valence-corrected chi connectivity index (χ3v) is 3.46. The maximum absolute atomic E-state index is 11.9. The van der Waals surface area contributed by atoms with Gasteiger partial charge in [0.1, 0.15) is 10.8 Å². The van der Waals surface area contributed by atoms with E-state index >= 15 is 0 Å². The van der Waals surface area contributed by atoms with Gasteiger partial charge in [-0.25, -0.2) is 4.98 Å². The fourth-order valence-corrected chi connectivity index (χ4v) is 2.31. The molecule has 0 bridgehead atoms. The molecule has 1 amide bonds. The molecule has 5 nitrogen and oxygen atoms in total. The molecule has 1 heterocycles. The molecule has 0 saturated heterocycles. The molecule has 2 aromatic rings. The number of aromatic hydroxyl groups is 1. The van der Waals surface area contributed by atoms with E-state index in [1.165, 1.54) is 11.3 Å². The molecular formula is C13H15N3O2S. The number of nitrogens with two attached hydrogens (primary N) is 1. The van der Waals surface area contributed by atoms with Crippen LogP contribution in [-0.4, -0.2) is 16.0 Å². The number of phenols is 1. The number of rotatable bonds is 4. The molecule has 0 aliphatic heterocycles. The zero-order valence-electron chi connectivity index (χ0n) is 10.5. The SMILES string of the molecule is Cc1ccc(O)c(NC(=O)Cc2csc(CN)n2)c1. The number of carbonyl (C=O) groups is 1. The second kappa shape index (κ2) is 5.81. The maximum atomic E-state index is 11.9. The third-order valence-electron chi connectivity index (χ3n) is 2.54. The third kappa shape index (κ3) is 3.52. The number of amides is 1. The van der Waals surface area contributed by atoms with Crippen molar-refractivity contribution < 1.29 is 9.90 Å². The van der Waals surface area contributed by atoms with E-state index in [-0.39, 0.29) is 18.1 Å². The van der Waals surface area contributed by atoms with Crippen molar-refractivity contribution in [2.24, 2.45) is 5.73 Å². The zero-order valence-corrected chi connectivity index (χ0v) is 11.3. The lowest BCUT2D eigenvalue weighted by Crippen LogP contribution is -2.15. The summed E-state index contributed by atoms with van der Waals surface area (Å²) in [5.74, 6) is -0.158. The summed E-state index contributed by atoms with van der Waals surface area (Å²) >= 11 is 1.44. The number of nitrogens with zero attached hydrogens (tertiary/aromatic N) is 1. The van der Waals surface area contributed by atoms with E-state index in [0.29, 0.717) is 17.9 Å². The van der Waals surface area contributed by atoms with Gasteiger partial charge in [0, 0.05) is 11.9 Å². The normalized spacial score (nSPS) is 10.4. The topological polar surface area (TPSA) is 88.2 Å². The summed E-state index contributed by atoms with van der Waals surface area (Å²) in [5.41, 5.74) is 7.54. The summed E-state index contributed by atoms with van der Waals surface area (Å²) in [4.78, 5) is 16.1. The molecule has 0 atom stereocenters. The Morgan fingerprint density at radius 3 is 3.00 bits per heavy atom. The molecule has 4 N–H and O–H groups in total. The largest absolute Gasteiger partial charge is 0.506 e. The van der Waals surface area contributed by atoms with E-state index in [1.807, 2.05) is 12.3 Å². The van der Waals surface area contributed by atoms with Gasteiger partial charge < -0.3 is 16.2 Å². The number of carbonyl (C=O) groups excluding carboxylic acids is 1. The number of benzene rings is 1. The van der Waals surface area contributed by atoms with Crippen molar-refractivity contribution in [2.75, 3.05) is 5.32 Å². The zero-order chi connectivity index (χ0) is 13.8. The van der Waals surface area contributed by atoms with Crippen LogP contribution in [0, 0.1) is 6.92 Å². The molecular weight excluding hydrogens is 262 g/mol. The predicted octanol–water partition coefficient (Wildman–Crippen LogP) is 1.80. The van der Waals surface area contributed by atoms with E-state index < -0.39 is 0 Å². The monoisotopic (exact) mass is 277 g/mol. The molecule has 0 saturated carbocycles. The second-order valence-electron chi connectivity index (χ2n) is 4.18. The Balaban J connectivity index is 2.03. The van der Waals surface area contributed by atoms with Crippen molar-refractivity contribution in [2.45, 2.75) is 19.9 Å². The number of hydrogen-bond donors (Lipinski definition) is 3. The highest BCUT2D eigenvalue weighted by Crippen LogP contribution is 2.24. The smallest absolute Gasteiger partial charge is 0.230 e. The average Bonchev–Trinajstić information content (AvgIpc) is 2.81. The van der Waals surface area contributed by atoms with Crippen LogP contribution >= 0.6 is 11.3 Å². The standard InChI is InChI=1S/C13H15N3O2S/c1-8-2-3-11(17)10(4-8)16-12(18)5-9-7-19-13(6-14)15-9/h2-4,7,17H,5-6,14H2,1H3,(H,16,18). The molecule has 0 unspecified atom stereocenters. The van der Waals surface area contributed by atoms with Crippen LogP contribution in [0.25, 0.3) is 0 Å². The first-order chi connectivity index (χ1) is 9.08. The Labute approximate surface area is 115 Å². The van der Waals surface area contributed by atoms with E-state index in [0.717, 1.165) is 10.6 Å². The van der Waals surface area contributed by atoms with Crippen LogP contribution in [0.3, 0.4) is 0 Å². The number of aromatic nitrogens is 1. The van der Waals surface area contributed by atoms with Gasteiger partial charge in [-0.3, -0.25) is 4.79 Å². The number of thiazole rings is 1. The van der Waals surface area contributed by atoms with E-state index in [9.17, 15) is 9.90 Å².